The summed E-state index contributed by atoms with van der Waals surface area (Å²) in [6.45, 7) is 2.41. The molecule has 6 heteroatoms. The summed E-state index contributed by atoms with van der Waals surface area (Å²) in [6.07, 6.45) is 1.71. The Kier molecular flexibility index (Phi) is 2.83. The van der Waals surface area contributed by atoms with Gasteiger partial charge in [-0.3, -0.25) is 0 Å². The Morgan fingerprint density at radius 2 is 2.33 bits per heavy atom. The number of H-pyrrole nitrogens is 1. The molecule has 0 aliphatic carbocycles. The molecule has 2 heterocycles. The van der Waals surface area contributed by atoms with Crippen LogP contribution in [0, 0.1) is 11.7 Å². The molecule has 0 spiro atoms. The van der Waals surface area contributed by atoms with Gasteiger partial charge < -0.3 is 14.0 Å². The average Bonchev–Trinajstić information content (AvgIpc) is 2.84. The third-order valence-corrected chi connectivity index (χ3v) is 3.51. The van der Waals surface area contributed by atoms with Crippen molar-refractivity contribution in [2.24, 2.45) is 0 Å². The summed E-state index contributed by atoms with van der Waals surface area (Å²) in [5.74, 6) is 1.46. The van der Waals surface area contributed by atoms with Crippen molar-refractivity contribution in [3.8, 4) is 0 Å². The van der Waals surface area contributed by atoms with Crippen LogP contribution in [0.3, 0.4) is 0 Å². The highest BCUT2D eigenvalue weighted by Gasteiger charge is 2.08. The lowest BCUT2D eigenvalue weighted by atomic mass is 10.3. The summed E-state index contributed by atoms with van der Waals surface area (Å²) in [5, 5.41) is 0. The molecule has 18 heavy (non-hydrogen) atoms. The van der Waals surface area contributed by atoms with E-state index in [-0.39, 0.29) is 0 Å². The van der Waals surface area contributed by atoms with Crippen molar-refractivity contribution in [1.82, 2.24) is 14.5 Å². The molecule has 0 amide bonds. The minimum atomic E-state index is 0.536. The first kappa shape index (κ1) is 11.7. The minimum Gasteiger partial charge on any atom is -0.444 e. The first-order chi connectivity index (χ1) is 8.63. The van der Waals surface area contributed by atoms with E-state index in [0.29, 0.717) is 17.2 Å². The first-order valence-corrected chi connectivity index (χ1v) is 6.63. The molecule has 0 atom stereocenters. The predicted molar refractivity (Wildman–Crippen MR) is 75.2 cm³/mol. The molecular weight excluding hydrogens is 314 g/mol. The van der Waals surface area contributed by atoms with Crippen molar-refractivity contribution in [3.63, 3.8) is 0 Å². The number of fused-ring (bicyclic) bond motifs is 1. The zero-order chi connectivity index (χ0) is 12.7. The van der Waals surface area contributed by atoms with Gasteiger partial charge in [-0.1, -0.05) is 15.9 Å². The van der Waals surface area contributed by atoms with Gasteiger partial charge in [-0.05, 0) is 37.3 Å². The van der Waals surface area contributed by atoms with Gasteiger partial charge in [0.1, 0.15) is 12.3 Å². The molecule has 0 saturated carbocycles. The third kappa shape index (κ3) is 2.02. The third-order valence-electron chi connectivity index (χ3n) is 2.70. The summed E-state index contributed by atoms with van der Waals surface area (Å²) in [4.78, 5) is 7.37. The number of nitrogens with one attached hydrogen (secondary N) is 1. The standard InChI is InChI=1S/C12H10BrN3OS/c1-7-5-14-11(17-7)6-16-10-3-2-8(13)4-9(10)15-12(16)18/h2-5H,6H2,1H3,(H,15,18). The SMILES string of the molecule is Cc1cnc(Cn2c(=S)[nH]c3cc(Br)ccc32)o1. The van der Waals surface area contributed by atoms with Crippen molar-refractivity contribution < 1.29 is 4.42 Å². The number of rotatable bonds is 2. The monoisotopic (exact) mass is 323 g/mol. The second-order valence-corrected chi connectivity index (χ2v) is 5.34. The van der Waals surface area contributed by atoms with Crippen molar-refractivity contribution in [1.29, 1.82) is 0 Å². The Morgan fingerprint density at radius 3 is 3.06 bits per heavy atom. The van der Waals surface area contributed by atoms with Gasteiger partial charge in [-0.25, -0.2) is 4.98 Å². The summed E-state index contributed by atoms with van der Waals surface area (Å²) in [7, 11) is 0. The molecule has 2 aromatic heterocycles. The van der Waals surface area contributed by atoms with E-state index in [1.165, 1.54) is 0 Å². The van der Waals surface area contributed by atoms with E-state index in [1.807, 2.05) is 29.7 Å². The van der Waals surface area contributed by atoms with E-state index in [0.717, 1.165) is 21.3 Å². The molecule has 0 aliphatic rings. The van der Waals surface area contributed by atoms with Crippen LogP contribution in [0.1, 0.15) is 11.7 Å². The Balaban J connectivity index is 2.11. The number of oxazole rings is 1. The van der Waals surface area contributed by atoms with Gasteiger partial charge in [0.25, 0.3) is 0 Å². The van der Waals surface area contributed by atoms with Crippen molar-refractivity contribution >= 4 is 39.2 Å². The largest absolute Gasteiger partial charge is 0.444 e. The number of aryl methyl sites for hydroxylation is 1. The fourth-order valence-electron chi connectivity index (χ4n) is 1.90. The molecule has 1 aromatic carbocycles. The van der Waals surface area contributed by atoms with Crippen LogP contribution < -0.4 is 0 Å². The van der Waals surface area contributed by atoms with E-state index in [2.05, 4.69) is 25.9 Å². The lowest BCUT2D eigenvalue weighted by Gasteiger charge is -2.00. The zero-order valence-electron chi connectivity index (χ0n) is 9.61. The van der Waals surface area contributed by atoms with Gasteiger partial charge in [0, 0.05) is 4.47 Å². The molecule has 1 N–H and O–H groups in total. The average molecular weight is 324 g/mol. The Morgan fingerprint density at radius 1 is 1.50 bits per heavy atom. The molecule has 0 radical (unpaired) electrons. The molecule has 4 nitrogen and oxygen atoms in total. The Bertz CT molecular complexity index is 771. The quantitative estimate of drug-likeness (QED) is 0.729. The van der Waals surface area contributed by atoms with E-state index >= 15 is 0 Å². The number of halogens is 1. The first-order valence-electron chi connectivity index (χ1n) is 5.43. The molecule has 0 bridgehead atoms. The highest BCUT2D eigenvalue weighted by Crippen LogP contribution is 2.20. The zero-order valence-corrected chi connectivity index (χ0v) is 12.0. The topological polar surface area (TPSA) is 46.8 Å². The maximum Gasteiger partial charge on any atom is 0.214 e. The molecule has 3 rings (SSSR count). The van der Waals surface area contributed by atoms with Crippen LogP contribution in [0.15, 0.2) is 33.3 Å². The molecule has 0 fully saturated rings. The van der Waals surface area contributed by atoms with Crippen molar-refractivity contribution in [2.45, 2.75) is 13.5 Å². The highest BCUT2D eigenvalue weighted by molar-refractivity contribution is 9.10. The lowest BCUT2D eigenvalue weighted by Crippen LogP contribution is -1.99. The molecular formula is C12H10BrN3OS. The van der Waals surface area contributed by atoms with Crippen molar-refractivity contribution in [2.75, 3.05) is 0 Å². The van der Waals surface area contributed by atoms with Gasteiger partial charge in [0.15, 0.2) is 4.77 Å². The summed E-state index contributed by atoms with van der Waals surface area (Å²) in [5.41, 5.74) is 2.04. The van der Waals surface area contributed by atoms with Crippen LogP contribution >= 0.6 is 28.1 Å². The number of hydrogen-bond acceptors (Lipinski definition) is 3. The van der Waals surface area contributed by atoms with Crippen LogP contribution in [0.4, 0.5) is 0 Å². The number of nitrogens with zero attached hydrogens (tertiary/aromatic N) is 2. The van der Waals surface area contributed by atoms with Crippen LogP contribution in [0.2, 0.25) is 0 Å². The van der Waals surface area contributed by atoms with Crippen LogP contribution in [0.5, 0.6) is 0 Å². The fourth-order valence-corrected chi connectivity index (χ4v) is 2.54. The van der Waals surface area contributed by atoms with E-state index in [9.17, 15) is 0 Å². The second-order valence-electron chi connectivity index (χ2n) is 4.04. The minimum absolute atomic E-state index is 0.536. The Hall–Kier alpha value is -1.40. The van der Waals surface area contributed by atoms with Gasteiger partial charge in [0.05, 0.1) is 17.2 Å². The second kappa shape index (κ2) is 4.37. The van der Waals surface area contributed by atoms with E-state index in [1.54, 1.807) is 6.20 Å². The normalized spacial score (nSPS) is 11.2. The summed E-state index contributed by atoms with van der Waals surface area (Å²) >= 11 is 8.77. The lowest BCUT2D eigenvalue weighted by molar-refractivity contribution is 0.459. The summed E-state index contributed by atoms with van der Waals surface area (Å²) in [6, 6.07) is 6.01. The van der Waals surface area contributed by atoms with E-state index < -0.39 is 0 Å². The molecule has 0 saturated heterocycles. The van der Waals surface area contributed by atoms with Gasteiger partial charge >= 0.3 is 0 Å². The maximum absolute atomic E-state index is 5.48. The number of imidazole rings is 1. The number of aromatic amines is 1. The molecule has 0 unspecified atom stereocenters. The van der Waals surface area contributed by atoms with Gasteiger partial charge in [-0.2, -0.15) is 0 Å². The maximum atomic E-state index is 5.48. The number of hydrogen-bond donors (Lipinski definition) is 1. The molecule has 92 valence electrons. The van der Waals surface area contributed by atoms with Crippen LogP contribution in [-0.2, 0) is 6.54 Å². The smallest absolute Gasteiger partial charge is 0.214 e. The number of aromatic nitrogens is 3. The van der Waals surface area contributed by atoms with Crippen LogP contribution in [-0.4, -0.2) is 14.5 Å². The molecule has 3 aromatic rings. The predicted octanol–water partition coefficient (Wildman–Crippen LogP) is 3.81. The van der Waals surface area contributed by atoms with Crippen LogP contribution in [0.25, 0.3) is 11.0 Å². The number of benzene rings is 1. The Labute approximate surface area is 117 Å². The summed E-state index contributed by atoms with van der Waals surface area (Å²) < 4.78 is 9.14. The van der Waals surface area contributed by atoms with Crippen molar-refractivity contribution in [3.05, 3.63) is 45.3 Å². The highest BCUT2D eigenvalue weighted by atomic mass is 79.9. The molecule has 0 aliphatic heterocycles. The van der Waals surface area contributed by atoms with E-state index in [4.69, 9.17) is 16.6 Å². The fraction of sp³-hybridized carbons (Fsp3) is 0.167. The van der Waals surface area contributed by atoms with Gasteiger partial charge in [-0.15, -0.1) is 0 Å². The van der Waals surface area contributed by atoms with Gasteiger partial charge in [0.2, 0.25) is 5.89 Å².